The predicted molar refractivity (Wildman–Crippen MR) is 154 cm³/mol. The van der Waals surface area contributed by atoms with Crippen molar-refractivity contribution >= 4 is 17.5 Å². The van der Waals surface area contributed by atoms with Gasteiger partial charge in [0.2, 0.25) is 5.91 Å². The van der Waals surface area contributed by atoms with Gasteiger partial charge in [-0.05, 0) is 69.8 Å². The molecule has 10 nitrogen and oxygen atoms in total. The third kappa shape index (κ3) is 6.09. The Hall–Kier alpha value is -4.04. The van der Waals surface area contributed by atoms with E-state index in [0.29, 0.717) is 69.0 Å². The normalized spacial score (nSPS) is 22.5. The van der Waals surface area contributed by atoms with Gasteiger partial charge in [-0.2, -0.15) is 15.2 Å². The first-order chi connectivity index (χ1) is 20.3. The fraction of sp³-hybridized carbons (Fsp3) is 0.516. The maximum atomic E-state index is 13.9. The highest BCUT2D eigenvalue weighted by Gasteiger charge is 2.36. The lowest BCUT2D eigenvalue weighted by Crippen LogP contribution is -2.55. The number of carbonyl (C=O) groups is 2. The number of aromatic nitrogens is 2. The molecular weight excluding hydrogens is 539 g/mol. The number of fused-ring (bicyclic) bond motifs is 1. The average Bonchev–Trinajstić information content (AvgIpc) is 3.41. The lowest BCUT2D eigenvalue weighted by atomic mass is 9.82. The van der Waals surface area contributed by atoms with Crippen LogP contribution in [0, 0.1) is 23.1 Å². The van der Waals surface area contributed by atoms with Gasteiger partial charge < -0.3 is 24.5 Å². The number of hydrogen-bond donors (Lipinski definition) is 1. The highest BCUT2D eigenvalue weighted by atomic mass is 19.1. The number of Topliss-reactive ketones (excluding diaryl/α,β-unsaturated/α-hetero) is 1. The SMILES string of the molecule is C=CC(=O)N1CCN(c2nc(OCC3CCCN3C)nc3c2CC[C@@H](CCc2cccc(F)c2O)C3=O)CC1CC#N. The van der Waals surface area contributed by atoms with E-state index < -0.39 is 5.82 Å². The summed E-state index contributed by atoms with van der Waals surface area (Å²) < 4.78 is 20.0. The molecule has 222 valence electrons. The number of amides is 1. The molecule has 3 aliphatic rings. The van der Waals surface area contributed by atoms with Crippen LogP contribution < -0.4 is 9.64 Å². The number of ether oxygens (including phenoxy) is 1. The molecule has 3 atom stereocenters. The number of ketones is 1. The molecule has 5 rings (SSSR count). The molecule has 0 saturated carbocycles. The van der Waals surface area contributed by atoms with Crippen LogP contribution in [0.5, 0.6) is 11.8 Å². The van der Waals surface area contributed by atoms with E-state index in [0.717, 1.165) is 24.9 Å². The van der Waals surface area contributed by atoms with Crippen molar-refractivity contribution in [2.45, 2.75) is 57.0 Å². The highest BCUT2D eigenvalue weighted by molar-refractivity contribution is 5.99. The van der Waals surface area contributed by atoms with Crippen LogP contribution in [0.1, 0.15) is 53.7 Å². The summed E-state index contributed by atoms with van der Waals surface area (Å²) in [6.07, 6.45) is 5.48. The predicted octanol–water partition coefficient (Wildman–Crippen LogP) is 3.29. The molecule has 2 saturated heterocycles. The Bertz CT molecular complexity index is 1390. The number of para-hydroxylation sites is 1. The zero-order chi connectivity index (χ0) is 29.8. The number of aryl methyl sites for hydroxylation is 1. The van der Waals surface area contributed by atoms with Gasteiger partial charge in [-0.3, -0.25) is 9.59 Å². The van der Waals surface area contributed by atoms with Crippen molar-refractivity contribution < 1.29 is 23.8 Å². The standard InChI is InChI=1S/C31H37FN6O4/c1-3-26(39)38-17-16-37(18-22(38)13-14-33)30-24-12-11-21(10-9-20-6-4-8-25(32)28(20)40)29(41)27(24)34-31(35-30)42-19-23-7-5-15-36(23)2/h3-4,6,8,21-23,40H,1,5,7,9-13,15-19H2,2H3/t21-,22?,23?/m1/s1. The first kappa shape index (κ1) is 29.5. The average molecular weight is 577 g/mol. The van der Waals surface area contributed by atoms with Crippen LogP contribution in [0.4, 0.5) is 10.2 Å². The van der Waals surface area contributed by atoms with E-state index in [2.05, 4.69) is 29.6 Å². The molecule has 2 unspecified atom stereocenters. The Morgan fingerprint density at radius 1 is 1.26 bits per heavy atom. The topological polar surface area (TPSA) is 123 Å². The minimum atomic E-state index is -0.676. The lowest BCUT2D eigenvalue weighted by Gasteiger charge is -2.41. The number of likely N-dealkylation sites (N-methyl/N-ethyl adjacent to an activating group) is 1. The maximum Gasteiger partial charge on any atom is 0.319 e. The first-order valence-corrected chi connectivity index (χ1v) is 14.6. The zero-order valence-corrected chi connectivity index (χ0v) is 24.0. The highest BCUT2D eigenvalue weighted by Crippen LogP contribution is 2.36. The number of nitriles is 1. The van der Waals surface area contributed by atoms with E-state index in [1.165, 1.54) is 12.1 Å². The van der Waals surface area contributed by atoms with Crippen LogP contribution in [0.2, 0.25) is 0 Å². The Labute approximate surface area is 245 Å². The molecule has 0 radical (unpaired) electrons. The number of benzene rings is 1. The number of nitrogens with zero attached hydrogens (tertiary/aromatic N) is 6. The van der Waals surface area contributed by atoms with Crippen LogP contribution in [0.3, 0.4) is 0 Å². The number of rotatable bonds is 9. The maximum absolute atomic E-state index is 13.9. The number of phenolic OH excluding ortho intramolecular Hbond substituents is 1. The van der Waals surface area contributed by atoms with Gasteiger partial charge in [-0.15, -0.1) is 0 Å². The molecule has 1 amide bonds. The number of anilines is 1. The van der Waals surface area contributed by atoms with Crippen molar-refractivity contribution in [1.82, 2.24) is 19.8 Å². The summed E-state index contributed by atoms with van der Waals surface area (Å²) in [6, 6.07) is 6.64. The number of likely N-dealkylation sites (tertiary alicyclic amines) is 1. The molecule has 3 heterocycles. The van der Waals surface area contributed by atoms with Crippen molar-refractivity contribution in [3.63, 3.8) is 0 Å². The Kier molecular flexibility index (Phi) is 9.02. The largest absolute Gasteiger partial charge is 0.505 e. The van der Waals surface area contributed by atoms with E-state index in [1.54, 1.807) is 17.0 Å². The second-order valence-corrected chi connectivity index (χ2v) is 11.3. The molecule has 2 aromatic rings. The van der Waals surface area contributed by atoms with E-state index in [4.69, 9.17) is 9.72 Å². The van der Waals surface area contributed by atoms with Crippen LogP contribution in [-0.4, -0.2) is 88.5 Å². The van der Waals surface area contributed by atoms with E-state index in [9.17, 15) is 24.3 Å². The monoisotopic (exact) mass is 576 g/mol. The Balaban J connectivity index is 1.42. The molecule has 2 aliphatic heterocycles. The summed E-state index contributed by atoms with van der Waals surface area (Å²) in [4.78, 5) is 41.6. The lowest BCUT2D eigenvalue weighted by molar-refractivity contribution is -0.128. The Morgan fingerprint density at radius 2 is 2.10 bits per heavy atom. The van der Waals surface area contributed by atoms with Gasteiger partial charge >= 0.3 is 6.01 Å². The van der Waals surface area contributed by atoms with Crippen LogP contribution >= 0.6 is 0 Å². The number of carbonyl (C=O) groups excluding carboxylic acids is 2. The minimum Gasteiger partial charge on any atom is -0.505 e. The molecule has 0 bridgehead atoms. The molecule has 0 spiro atoms. The smallest absolute Gasteiger partial charge is 0.319 e. The summed E-state index contributed by atoms with van der Waals surface area (Å²) >= 11 is 0. The van der Waals surface area contributed by atoms with Gasteiger partial charge in [0, 0.05) is 37.2 Å². The van der Waals surface area contributed by atoms with Crippen molar-refractivity contribution in [2.75, 3.05) is 44.7 Å². The van der Waals surface area contributed by atoms with E-state index in [1.807, 2.05) is 4.90 Å². The van der Waals surface area contributed by atoms with Crippen molar-refractivity contribution in [3.05, 3.63) is 53.5 Å². The summed E-state index contributed by atoms with van der Waals surface area (Å²) in [5.74, 6) is -1.12. The first-order valence-electron chi connectivity index (χ1n) is 14.6. The minimum absolute atomic E-state index is 0.118. The van der Waals surface area contributed by atoms with Crippen molar-refractivity contribution in [1.29, 1.82) is 5.26 Å². The number of aromatic hydroxyl groups is 1. The van der Waals surface area contributed by atoms with Gasteiger partial charge in [-0.1, -0.05) is 18.7 Å². The van der Waals surface area contributed by atoms with Crippen LogP contribution in [0.15, 0.2) is 30.9 Å². The van der Waals surface area contributed by atoms with Gasteiger partial charge in [0.25, 0.3) is 0 Å². The second-order valence-electron chi connectivity index (χ2n) is 11.3. The molecule has 1 aromatic carbocycles. The summed E-state index contributed by atoms with van der Waals surface area (Å²) in [7, 11) is 2.06. The number of phenols is 1. The van der Waals surface area contributed by atoms with Crippen LogP contribution in [-0.2, 0) is 17.6 Å². The van der Waals surface area contributed by atoms with Crippen molar-refractivity contribution in [2.24, 2.45) is 5.92 Å². The quantitative estimate of drug-likeness (QED) is 0.448. The van der Waals surface area contributed by atoms with E-state index in [-0.39, 0.29) is 47.9 Å². The molecular formula is C31H37FN6O4. The van der Waals surface area contributed by atoms with Gasteiger partial charge in [-0.25, -0.2) is 4.39 Å². The molecule has 1 N–H and O–H groups in total. The fourth-order valence-electron chi connectivity index (χ4n) is 6.32. The molecule has 1 aliphatic carbocycles. The van der Waals surface area contributed by atoms with Crippen LogP contribution in [0.25, 0.3) is 0 Å². The fourth-order valence-corrected chi connectivity index (χ4v) is 6.32. The summed E-state index contributed by atoms with van der Waals surface area (Å²) in [5.41, 5.74) is 1.54. The Morgan fingerprint density at radius 3 is 2.83 bits per heavy atom. The second kappa shape index (κ2) is 12.9. The zero-order valence-electron chi connectivity index (χ0n) is 24.0. The van der Waals surface area contributed by atoms with Gasteiger partial charge in [0.05, 0.1) is 18.5 Å². The number of hydrogen-bond acceptors (Lipinski definition) is 9. The number of halogens is 1. The number of piperazine rings is 1. The van der Waals surface area contributed by atoms with Gasteiger partial charge in [0.15, 0.2) is 17.3 Å². The molecule has 1 aromatic heterocycles. The van der Waals surface area contributed by atoms with Gasteiger partial charge in [0.1, 0.15) is 18.1 Å². The van der Waals surface area contributed by atoms with Crippen molar-refractivity contribution in [3.8, 4) is 17.8 Å². The van der Waals surface area contributed by atoms with E-state index >= 15 is 0 Å². The third-order valence-corrected chi connectivity index (χ3v) is 8.79. The summed E-state index contributed by atoms with van der Waals surface area (Å²) in [6.45, 7) is 6.26. The third-order valence-electron chi connectivity index (χ3n) is 8.79. The molecule has 2 fully saturated rings. The summed E-state index contributed by atoms with van der Waals surface area (Å²) in [5, 5.41) is 19.6. The molecule has 42 heavy (non-hydrogen) atoms. The molecule has 11 heteroatoms.